The van der Waals surface area contributed by atoms with Gasteiger partial charge >= 0.3 is 0 Å². The second-order valence-electron chi connectivity index (χ2n) is 6.39. The van der Waals surface area contributed by atoms with E-state index >= 15 is 0 Å². The predicted molar refractivity (Wildman–Crippen MR) is 77.6 cm³/mol. The molecule has 3 fully saturated rings. The van der Waals surface area contributed by atoms with Crippen molar-refractivity contribution in [3.63, 3.8) is 0 Å². The Kier molecular flexibility index (Phi) is 4.17. The van der Waals surface area contributed by atoms with Crippen LogP contribution in [0.3, 0.4) is 0 Å². The summed E-state index contributed by atoms with van der Waals surface area (Å²) in [5.41, 5.74) is 0.215. The van der Waals surface area contributed by atoms with Gasteiger partial charge in [0.05, 0.1) is 13.2 Å². The minimum Gasteiger partial charge on any atom is -0.377 e. The van der Waals surface area contributed by atoms with E-state index in [0.717, 1.165) is 32.4 Å². The Morgan fingerprint density at radius 2 is 2.14 bits per heavy atom. The smallest absolute Gasteiger partial charge is 0.245 e. The van der Waals surface area contributed by atoms with Crippen LogP contribution in [0.1, 0.15) is 26.2 Å². The Morgan fingerprint density at radius 3 is 2.86 bits per heavy atom. The molecule has 3 aliphatic rings. The third-order valence-corrected chi connectivity index (χ3v) is 5.15. The number of carbonyl (C=O) groups is 2. The summed E-state index contributed by atoms with van der Waals surface area (Å²) >= 11 is 0. The zero-order chi connectivity index (χ0) is 14.9. The van der Waals surface area contributed by atoms with Gasteiger partial charge in [0.25, 0.3) is 0 Å². The van der Waals surface area contributed by atoms with E-state index in [1.165, 1.54) is 0 Å². The summed E-state index contributed by atoms with van der Waals surface area (Å²) in [7, 11) is 0. The standard InChI is InChI=1S/C15H25N3O3/c1-2-17-13(19)12-10-21-8-7-18(12)14(20)11-9-15(11)3-5-16-6-4-15/h11-12,16H,2-10H2,1H3,(H,17,19). The summed E-state index contributed by atoms with van der Waals surface area (Å²) in [4.78, 5) is 26.7. The quantitative estimate of drug-likeness (QED) is 0.752. The molecule has 0 bridgehead atoms. The molecule has 2 unspecified atom stereocenters. The first kappa shape index (κ1) is 14.8. The van der Waals surface area contributed by atoms with Gasteiger partial charge in [-0.15, -0.1) is 0 Å². The van der Waals surface area contributed by atoms with E-state index in [0.29, 0.717) is 26.3 Å². The number of likely N-dealkylation sites (N-methyl/N-ethyl adjacent to an activating group) is 1. The summed E-state index contributed by atoms with van der Waals surface area (Å²) in [6.45, 7) is 5.86. The van der Waals surface area contributed by atoms with Crippen molar-refractivity contribution in [1.29, 1.82) is 0 Å². The largest absolute Gasteiger partial charge is 0.377 e. The Labute approximate surface area is 125 Å². The van der Waals surface area contributed by atoms with Crippen LogP contribution in [0.15, 0.2) is 0 Å². The lowest BCUT2D eigenvalue weighted by molar-refractivity contribution is -0.150. The maximum absolute atomic E-state index is 12.8. The van der Waals surface area contributed by atoms with Crippen molar-refractivity contribution in [2.24, 2.45) is 11.3 Å². The Hall–Kier alpha value is -1.14. The number of morpholine rings is 1. The SMILES string of the molecule is CCNC(=O)C1COCCN1C(=O)C1CC12CCNCC2. The molecule has 118 valence electrons. The lowest BCUT2D eigenvalue weighted by Crippen LogP contribution is -2.56. The molecule has 6 nitrogen and oxygen atoms in total. The monoisotopic (exact) mass is 295 g/mol. The normalized spacial score (nSPS) is 31.0. The van der Waals surface area contributed by atoms with Crippen LogP contribution in [-0.4, -0.2) is 62.1 Å². The van der Waals surface area contributed by atoms with E-state index in [1.54, 1.807) is 4.90 Å². The van der Waals surface area contributed by atoms with E-state index < -0.39 is 6.04 Å². The number of piperidine rings is 1. The molecule has 0 radical (unpaired) electrons. The zero-order valence-electron chi connectivity index (χ0n) is 12.7. The Bertz CT molecular complexity index is 420. The average Bonchev–Trinajstić information content (AvgIpc) is 3.20. The Morgan fingerprint density at radius 1 is 1.38 bits per heavy atom. The number of amides is 2. The van der Waals surface area contributed by atoms with E-state index in [4.69, 9.17) is 4.74 Å². The molecule has 1 aliphatic carbocycles. The highest BCUT2D eigenvalue weighted by Gasteiger charge is 2.59. The van der Waals surface area contributed by atoms with E-state index in [-0.39, 0.29) is 23.1 Å². The van der Waals surface area contributed by atoms with Crippen molar-refractivity contribution in [2.75, 3.05) is 39.4 Å². The van der Waals surface area contributed by atoms with Crippen molar-refractivity contribution in [3.05, 3.63) is 0 Å². The highest BCUT2D eigenvalue weighted by Crippen LogP contribution is 2.59. The molecular weight excluding hydrogens is 270 g/mol. The van der Waals surface area contributed by atoms with Gasteiger partial charge in [-0.25, -0.2) is 0 Å². The van der Waals surface area contributed by atoms with E-state index in [2.05, 4.69) is 10.6 Å². The fraction of sp³-hybridized carbons (Fsp3) is 0.867. The molecule has 1 spiro atoms. The molecule has 2 N–H and O–H groups in total. The van der Waals surface area contributed by atoms with E-state index in [9.17, 15) is 9.59 Å². The number of hydrogen-bond donors (Lipinski definition) is 2. The van der Waals surface area contributed by atoms with Gasteiger partial charge in [-0.3, -0.25) is 9.59 Å². The molecule has 2 heterocycles. The third-order valence-electron chi connectivity index (χ3n) is 5.15. The first-order chi connectivity index (χ1) is 10.2. The van der Waals surface area contributed by atoms with Gasteiger partial charge in [-0.05, 0) is 44.7 Å². The van der Waals surface area contributed by atoms with Crippen molar-refractivity contribution >= 4 is 11.8 Å². The minimum absolute atomic E-state index is 0.0921. The predicted octanol–water partition coefficient (Wildman–Crippen LogP) is -0.260. The lowest BCUT2D eigenvalue weighted by Gasteiger charge is -2.35. The second kappa shape index (κ2) is 5.93. The number of ether oxygens (including phenoxy) is 1. The summed E-state index contributed by atoms with van der Waals surface area (Å²) < 4.78 is 5.40. The van der Waals surface area contributed by atoms with Gasteiger partial charge in [0.2, 0.25) is 11.8 Å². The highest BCUT2D eigenvalue weighted by molar-refractivity contribution is 5.90. The number of nitrogens with zero attached hydrogens (tertiary/aromatic N) is 1. The van der Waals surface area contributed by atoms with Crippen molar-refractivity contribution in [1.82, 2.24) is 15.5 Å². The van der Waals surface area contributed by atoms with E-state index in [1.807, 2.05) is 6.92 Å². The fourth-order valence-corrected chi connectivity index (χ4v) is 3.75. The fourth-order valence-electron chi connectivity index (χ4n) is 3.75. The van der Waals surface area contributed by atoms with Crippen LogP contribution < -0.4 is 10.6 Å². The molecule has 2 atom stereocenters. The summed E-state index contributed by atoms with van der Waals surface area (Å²) in [5, 5.41) is 6.16. The topological polar surface area (TPSA) is 70.7 Å². The number of nitrogens with one attached hydrogen (secondary N) is 2. The van der Waals surface area contributed by atoms with Crippen LogP contribution in [0, 0.1) is 11.3 Å². The van der Waals surface area contributed by atoms with Gasteiger partial charge in [-0.2, -0.15) is 0 Å². The molecule has 3 rings (SSSR count). The van der Waals surface area contributed by atoms with Gasteiger partial charge in [0, 0.05) is 19.0 Å². The number of rotatable bonds is 3. The molecule has 1 saturated carbocycles. The molecule has 0 aromatic carbocycles. The summed E-state index contributed by atoms with van der Waals surface area (Å²) in [6.07, 6.45) is 3.16. The maximum Gasteiger partial charge on any atom is 0.245 e. The van der Waals surface area contributed by atoms with Crippen molar-refractivity contribution in [3.8, 4) is 0 Å². The van der Waals surface area contributed by atoms with Crippen LogP contribution >= 0.6 is 0 Å². The third kappa shape index (κ3) is 2.79. The first-order valence-electron chi connectivity index (χ1n) is 8.04. The molecule has 2 saturated heterocycles. The van der Waals surface area contributed by atoms with Crippen LogP contribution in [0.2, 0.25) is 0 Å². The second-order valence-corrected chi connectivity index (χ2v) is 6.39. The summed E-state index contributed by atoms with van der Waals surface area (Å²) in [5.74, 6) is 0.191. The molecule has 2 aliphatic heterocycles. The molecule has 0 aromatic rings. The zero-order valence-corrected chi connectivity index (χ0v) is 12.7. The first-order valence-corrected chi connectivity index (χ1v) is 8.04. The lowest BCUT2D eigenvalue weighted by atomic mass is 9.91. The van der Waals surface area contributed by atoms with Gasteiger partial charge < -0.3 is 20.3 Å². The van der Waals surface area contributed by atoms with Crippen molar-refractivity contribution < 1.29 is 14.3 Å². The van der Waals surface area contributed by atoms with Crippen LogP contribution in [-0.2, 0) is 14.3 Å². The van der Waals surface area contributed by atoms with Crippen LogP contribution in [0.25, 0.3) is 0 Å². The van der Waals surface area contributed by atoms with Crippen LogP contribution in [0.5, 0.6) is 0 Å². The van der Waals surface area contributed by atoms with Gasteiger partial charge in [-0.1, -0.05) is 0 Å². The molecular formula is C15H25N3O3. The number of hydrogen-bond acceptors (Lipinski definition) is 4. The molecule has 0 aromatic heterocycles. The average molecular weight is 295 g/mol. The van der Waals surface area contributed by atoms with Crippen LogP contribution in [0.4, 0.5) is 0 Å². The highest BCUT2D eigenvalue weighted by atomic mass is 16.5. The van der Waals surface area contributed by atoms with Gasteiger partial charge in [0.1, 0.15) is 6.04 Å². The Balaban J connectivity index is 1.66. The number of carbonyl (C=O) groups excluding carboxylic acids is 2. The summed E-state index contributed by atoms with van der Waals surface area (Å²) in [6, 6.07) is -0.453. The molecule has 2 amide bonds. The maximum atomic E-state index is 12.8. The molecule has 6 heteroatoms. The van der Waals surface area contributed by atoms with Gasteiger partial charge in [0.15, 0.2) is 0 Å². The molecule has 21 heavy (non-hydrogen) atoms. The minimum atomic E-state index is -0.453. The van der Waals surface area contributed by atoms with Crippen molar-refractivity contribution in [2.45, 2.75) is 32.2 Å².